The first kappa shape index (κ1) is 11.9. The van der Waals surface area contributed by atoms with Gasteiger partial charge in [-0.2, -0.15) is 0 Å². The Hall–Kier alpha value is -1.62. The van der Waals surface area contributed by atoms with Crippen molar-refractivity contribution in [2.24, 2.45) is 5.73 Å². The second-order valence-corrected chi connectivity index (χ2v) is 4.43. The zero-order chi connectivity index (χ0) is 12.6. The number of nitrogens with zero attached hydrogens (tertiary/aromatic N) is 3. The summed E-state index contributed by atoms with van der Waals surface area (Å²) in [6, 6.07) is 0.0881. The lowest BCUT2D eigenvalue weighted by Gasteiger charge is -2.18. The molecule has 0 bridgehead atoms. The molecule has 17 heavy (non-hydrogen) atoms. The van der Waals surface area contributed by atoms with Crippen LogP contribution in [-0.2, 0) is 0 Å². The summed E-state index contributed by atoms with van der Waals surface area (Å²) < 4.78 is 7.27. The van der Waals surface area contributed by atoms with Gasteiger partial charge >= 0.3 is 0 Å². The van der Waals surface area contributed by atoms with Crippen LogP contribution in [0.5, 0.6) is 0 Å². The number of aromatic nitrogens is 3. The minimum atomic E-state index is -0.0413. The number of nitrogens with two attached hydrogens (primary N) is 1. The Bertz CT molecular complexity index is 493. The molecule has 0 fully saturated rings. The highest BCUT2D eigenvalue weighted by Gasteiger charge is 2.20. The van der Waals surface area contributed by atoms with Gasteiger partial charge in [-0.1, -0.05) is 5.16 Å². The molecule has 2 rings (SSSR count). The van der Waals surface area contributed by atoms with Gasteiger partial charge in [0, 0.05) is 17.8 Å². The van der Waals surface area contributed by atoms with E-state index >= 15 is 0 Å². The normalized spacial score (nSPS) is 14.9. The smallest absolute Gasteiger partial charge is 0.139 e. The molecule has 0 saturated heterocycles. The van der Waals surface area contributed by atoms with Crippen molar-refractivity contribution in [3.8, 4) is 0 Å². The summed E-state index contributed by atoms with van der Waals surface area (Å²) in [6.45, 7) is 7.92. The van der Waals surface area contributed by atoms with Gasteiger partial charge in [0.25, 0.3) is 0 Å². The summed E-state index contributed by atoms with van der Waals surface area (Å²) in [6.07, 6.45) is 3.61. The third-order valence-corrected chi connectivity index (χ3v) is 3.09. The molecule has 2 aromatic rings. The molecule has 5 nitrogen and oxygen atoms in total. The Kier molecular flexibility index (Phi) is 3.02. The van der Waals surface area contributed by atoms with Crippen molar-refractivity contribution in [3.05, 3.63) is 35.2 Å². The van der Waals surface area contributed by atoms with E-state index in [0.717, 1.165) is 22.7 Å². The Labute approximate surface area is 101 Å². The minimum Gasteiger partial charge on any atom is -0.361 e. The molecule has 2 heterocycles. The first-order valence-electron chi connectivity index (χ1n) is 5.72. The summed E-state index contributed by atoms with van der Waals surface area (Å²) in [5.74, 6) is 0.847. The summed E-state index contributed by atoms with van der Waals surface area (Å²) in [5, 5.41) is 3.98. The van der Waals surface area contributed by atoms with Gasteiger partial charge < -0.3 is 14.8 Å². The van der Waals surface area contributed by atoms with E-state index in [0.29, 0.717) is 0 Å². The Morgan fingerprint density at radius 1 is 1.35 bits per heavy atom. The lowest BCUT2D eigenvalue weighted by Crippen LogP contribution is -2.16. The number of hydrogen-bond acceptors (Lipinski definition) is 4. The average molecular weight is 234 g/mol. The maximum Gasteiger partial charge on any atom is 0.139 e. The minimum absolute atomic E-state index is 0.0413. The maximum atomic E-state index is 5.93. The number of aryl methyl sites for hydroxylation is 2. The van der Waals surface area contributed by atoms with Gasteiger partial charge in [0.2, 0.25) is 0 Å². The maximum absolute atomic E-state index is 5.93. The van der Waals surface area contributed by atoms with Gasteiger partial charge in [0.15, 0.2) is 0 Å². The number of rotatable bonds is 3. The second kappa shape index (κ2) is 4.33. The van der Waals surface area contributed by atoms with E-state index < -0.39 is 0 Å². The summed E-state index contributed by atoms with van der Waals surface area (Å²) in [7, 11) is 0. The zero-order valence-corrected chi connectivity index (χ0v) is 10.6. The van der Waals surface area contributed by atoms with Crippen LogP contribution in [0, 0.1) is 13.8 Å². The highest BCUT2D eigenvalue weighted by Crippen LogP contribution is 2.27. The van der Waals surface area contributed by atoms with E-state index in [2.05, 4.69) is 21.6 Å². The largest absolute Gasteiger partial charge is 0.361 e. The first-order valence-corrected chi connectivity index (χ1v) is 5.72. The summed E-state index contributed by atoms with van der Waals surface area (Å²) in [5.41, 5.74) is 8.96. The monoisotopic (exact) mass is 234 g/mol. The molecular formula is C12H18N4O. The molecular weight excluding hydrogens is 216 g/mol. The molecule has 5 heteroatoms. The van der Waals surface area contributed by atoms with Gasteiger partial charge in [-0.05, 0) is 27.7 Å². The molecule has 0 aliphatic carbocycles. The van der Waals surface area contributed by atoms with Crippen molar-refractivity contribution in [2.45, 2.75) is 39.8 Å². The Morgan fingerprint density at radius 3 is 2.59 bits per heavy atom. The highest BCUT2D eigenvalue weighted by atomic mass is 16.5. The van der Waals surface area contributed by atoms with Crippen molar-refractivity contribution >= 4 is 0 Å². The molecule has 2 atom stereocenters. The van der Waals surface area contributed by atoms with Crippen LogP contribution >= 0.6 is 0 Å². The van der Waals surface area contributed by atoms with Gasteiger partial charge in [-0.25, -0.2) is 4.98 Å². The fourth-order valence-electron chi connectivity index (χ4n) is 2.22. The molecule has 0 amide bonds. The number of hydrogen-bond donors (Lipinski definition) is 1. The molecule has 2 aromatic heterocycles. The topological polar surface area (TPSA) is 69.9 Å². The lowest BCUT2D eigenvalue weighted by molar-refractivity contribution is 0.390. The fourth-order valence-corrected chi connectivity index (χ4v) is 2.22. The van der Waals surface area contributed by atoms with E-state index in [4.69, 9.17) is 10.3 Å². The van der Waals surface area contributed by atoms with Gasteiger partial charge in [-0.15, -0.1) is 0 Å². The van der Waals surface area contributed by atoms with Crippen LogP contribution < -0.4 is 5.73 Å². The van der Waals surface area contributed by atoms with Crippen molar-refractivity contribution in [1.82, 2.24) is 14.7 Å². The van der Waals surface area contributed by atoms with Crippen LogP contribution in [0.15, 0.2) is 17.0 Å². The van der Waals surface area contributed by atoms with E-state index in [1.54, 1.807) is 12.5 Å². The summed E-state index contributed by atoms with van der Waals surface area (Å²) in [4.78, 5) is 4.17. The van der Waals surface area contributed by atoms with E-state index in [-0.39, 0.29) is 12.1 Å². The zero-order valence-electron chi connectivity index (χ0n) is 10.6. The Morgan fingerprint density at radius 2 is 2.06 bits per heavy atom. The van der Waals surface area contributed by atoms with Crippen LogP contribution in [0.3, 0.4) is 0 Å². The van der Waals surface area contributed by atoms with E-state index in [1.165, 1.54) is 0 Å². The SMILES string of the molecule is Cc1noc(C)c1C(C)n1cncc1C(C)N. The fraction of sp³-hybridized carbons (Fsp3) is 0.500. The molecule has 0 radical (unpaired) electrons. The van der Waals surface area contributed by atoms with Crippen LogP contribution in [0.2, 0.25) is 0 Å². The highest BCUT2D eigenvalue weighted by molar-refractivity contribution is 5.26. The molecule has 2 unspecified atom stereocenters. The molecule has 0 saturated carbocycles. The van der Waals surface area contributed by atoms with E-state index in [9.17, 15) is 0 Å². The molecule has 92 valence electrons. The van der Waals surface area contributed by atoms with Gasteiger partial charge in [0.05, 0.1) is 23.8 Å². The van der Waals surface area contributed by atoms with Crippen LogP contribution in [0.25, 0.3) is 0 Å². The first-order chi connectivity index (χ1) is 8.02. The predicted octanol–water partition coefficient (Wildman–Crippen LogP) is 2.12. The lowest BCUT2D eigenvalue weighted by atomic mass is 10.1. The average Bonchev–Trinajstić information content (AvgIpc) is 2.85. The van der Waals surface area contributed by atoms with Crippen LogP contribution in [0.4, 0.5) is 0 Å². The van der Waals surface area contributed by atoms with Gasteiger partial charge in [-0.3, -0.25) is 0 Å². The molecule has 0 aromatic carbocycles. The number of imidazole rings is 1. The third-order valence-electron chi connectivity index (χ3n) is 3.09. The second-order valence-electron chi connectivity index (χ2n) is 4.43. The molecule has 2 N–H and O–H groups in total. The van der Waals surface area contributed by atoms with Crippen molar-refractivity contribution < 1.29 is 4.52 Å². The van der Waals surface area contributed by atoms with Crippen LogP contribution in [-0.4, -0.2) is 14.7 Å². The van der Waals surface area contributed by atoms with Crippen molar-refractivity contribution in [1.29, 1.82) is 0 Å². The Balaban J connectivity index is 2.44. The summed E-state index contributed by atoms with van der Waals surface area (Å²) >= 11 is 0. The standard InChI is InChI=1S/C12H18N4O/c1-7(13)11-5-14-6-16(11)9(3)12-8(2)15-17-10(12)4/h5-7,9H,13H2,1-4H3. The molecule has 0 aliphatic rings. The van der Waals surface area contributed by atoms with Crippen LogP contribution in [0.1, 0.15) is 48.6 Å². The van der Waals surface area contributed by atoms with Crippen molar-refractivity contribution in [2.75, 3.05) is 0 Å². The molecule has 0 spiro atoms. The van der Waals surface area contributed by atoms with E-state index in [1.807, 2.05) is 20.8 Å². The third kappa shape index (κ3) is 1.98. The predicted molar refractivity (Wildman–Crippen MR) is 64.6 cm³/mol. The van der Waals surface area contributed by atoms with Crippen molar-refractivity contribution in [3.63, 3.8) is 0 Å². The van der Waals surface area contributed by atoms with Gasteiger partial charge in [0.1, 0.15) is 5.76 Å². The quantitative estimate of drug-likeness (QED) is 0.883. The molecule has 0 aliphatic heterocycles.